The summed E-state index contributed by atoms with van der Waals surface area (Å²) in [7, 11) is 0. The number of phenolic OH excluding ortho intramolecular Hbond substituents is 1. The van der Waals surface area contributed by atoms with Crippen molar-refractivity contribution in [1.82, 2.24) is 0 Å². The third-order valence-electron chi connectivity index (χ3n) is 3.81. The van der Waals surface area contributed by atoms with E-state index in [0.29, 0.717) is 5.75 Å². The van der Waals surface area contributed by atoms with Crippen molar-refractivity contribution in [3.8, 4) is 5.75 Å². The second-order valence-corrected chi connectivity index (χ2v) is 5.90. The van der Waals surface area contributed by atoms with E-state index < -0.39 is 0 Å². The fourth-order valence-electron chi connectivity index (χ4n) is 2.53. The van der Waals surface area contributed by atoms with Crippen molar-refractivity contribution in [2.45, 2.75) is 71.1 Å². The van der Waals surface area contributed by atoms with Crippen LogP contribution in [-0.4, -0.2) is 5.11 Å². The lowest BCUT2D eigenvalue weighted by Gasteiger charge is -2.00. The molecule has 0 atom stereocenters. The fourth-order valence-corrected chi connectivity index (χ4v) is 2.53. The van der Waals surface area contributed by atoms with Gasteiger partial charge >= 0.3 is 0 Å². The Balaban J connectivity index is 1.91. The molecule has 1 aromatic rings. The highest BCUT2D eigenvalue weighted by molar-refractivity contribution is 5.27. The molecule has 22 heavy (non-hydrogen) atoms. The fraction of sp³-hybridized carbons (Fsp3) is 0.524. The van der Waals surface area contributed by atoms with Crippen molar-refractivity contribution >= 4 is 0 Å². The van der Waals surface area contributed by atoms with Gasteiger partial charge in [-0.15, -0.1) is 0 Å². The Morgan fingerprint density at radius 3 is 2.09 bits per heavy atom. The molecule has 0 saturated heterocycles. The highest BCUT2D eigenvalue weighted by atomic mass is 16.3. The normalized spacial score (nSPS) is 11.7. The maximum atomic E-state index is 9.40. The number of hydrogen-bond donors (Lipinski definition) is 1. The van der Waals surface area contributed by atoms with Gasteiger partial charge in [0.1, 0.15) is 5.75 Å². The molecule has 0 aromatic heterocycles. The molecule has 1 rings (SSSR count). The zero-order chi connectivity index (χ0) is 15.9. The molecule has 0 aliphatic heterocycles. The number of aryl methyl sites for hydroxylation is 1. The van der Waals surface area contributed by atoms with E-state index in [4.69, 9.17) is 0 Å². The second-order valence-electron chi connectivity index (χ2n) is 5.90. The zero-order valence-corrected chi connectivity index (χ0v) is 14.1. The molecule has 1 N–H and O–H groups in total. The van der Waals surface area contributed by atoms with Gasteiger partial charge in [0, 0.05) is 0 Å². The zero-order valence-electron chi connectivity index (χ0n) is 14.1. The Kier molecular flexibility index (Phi) is 11.1. The largest absolute Gasteiger partial charge is 0.508 e. The maximum Gasteiger partial charge on any atom is 0.115 e. The lowest BCUT2D eigenvalue weighted by atomic mass is 10.1. The monoisotopic (exact) mass is 300 g/mol. The molecular weight excluding hydrogens is 268 g/mol. The van der Waals surface area contributed by atoms with E-state index in [0.717, 1.165) is 25.7 Å². The molecule has 0 amide bonds. The van der Waals surface area contributed by atoms with E-state index >= 15 is 0 Å². The highest BCUT2D eigenvalue weighted by Gasteiger charge is 1.93. The van der Waals surface area contributed by atoms with E-state index in [1.54, 1.807) is 6.07 Å². The van der Waals surface area contributed by atoms with Gasteiger partial charge in [0.25, 0.3) is 0 Å². The predicted molar refractivity (Wildman–Crippen MR) is 97.3 cm³/mol. The molecule has 0 bridgehead atoms. The number of aromatic hydroxyl groups is 1. The van der Waals surface area contributed by atoms with Gasteiger partial charge in [-0.25, -0.2) is 0 Å². The first-order chi connectivity index (χ1) is 10.8. The van der Waals surface area contributed by atoms with Crippen LogP contribution in [0.4, 0.5) is 0 Å². The van der Waals surface area contributed by atoms with Crippen molar-refractivity contribution < 1.29 is 5.11 Å². The van der Waals surface area contributed by atoms with Crippen LogP contribution in [0.15, 0.2) is 48.6 Å². The summed E-state index contributed by atoms with van der Waals surface area (Å²) >= 11 is 0. The molecule has 0 unspecified atom stereocenters. The first-order valence-electron chi connectivity index (χ1n) is 8.91. The molecule has 0 aliphatic carbocycles. The highest BCUT2D eigenvalue weighted by Crippen LogP contribution is 2.13. The number of allylic oxidation sites excluding steroid dienone is 4. The summed E-state index contributed by atoms with van der Waals surface area (Å²) in [5.41, 5.74) is 1.23. The van der Waals surface area contributed by atoms with Crippen LogP contribution in [-0.2, 0) is 6.42 Å². The lowest BCUT2D eigenvalue weighted by molar-refractivity contribution is 0.474. The first kappa shape index (κ1) is 18.5. The smallest absolute Gasteiger partial charge is 0.115 e. The van der Waals surface area contributed by atoms with E-state index in [2.05, 4.69) is 37.3 Å². The minimum atomic E-state index is 0.373. The van der Waals surface area contributed by atoms with Gasteiger partial charge in [0.05, 0.1) is 0 Å². The Labute approximate surface area is 136 Å². The summed E-state index contributed by atoms with van der Waals surface area (Å²) < 4.78 is 0. The number of rotatable bonds is 12. The summed E-state index contributed by atoms with van der Waals surface area (Å²) in [6.07, 6.45) is 21.6. The summed E-state index contributed by atoms with van der Waals surface area (Å²) in [6.45, 7) is 2.19. The van der Waals surface area contributed by atoms with Crippen molar-refractivity contribution in [2.75, 3.05) is 0 Å². The van der Waals surface area contributed by atoms with Crippen LogP contribution in [0.25, 0.3) is 0 Å². The van der Waals surface area contributed by atoms with E-state index in [1.807, 2.05) is 12.1 Å². The predicted octanol–water partition coefficient (Wildman–Crippen LogP) is 6.58. The van der Waals surface area contributed by atoms with Crippen LogP contribution in [0.2, 0.25) is 0 Å². The molecule has 122 valence electrons. The third-order valence-corrected chi connectivity index (χ3v) is 3.81. The van der Waals surface area contributed by atoms with Crippen LogP contribution in [0.1, 0.15) is 70.3 Å². The maximum absolute atomic E-state index is 9.40. The molecule has 0 fully saturated rings. The minimum Gasteiger partial charge on any atom is -0.508 e. The molecule has 0 radical (unpaired) electrons. The van der Waals surface area contributed by atoms with Crippen LogP contribution >= 0.6 is 0 Å². The Morgan fingerprint density at radius 2 is 1.45 bits per heavy atom. The SMILES string of the molecule is CC/C=C/CCCCCC/C=C/CCCc1cccc(O)c1. The number of unbranched alkanes of at least 4 members (excludes halogenated alkanes) is 6. The van der Waals surface area contributed by atoms with Crippen molar-refractivity contribution in [2.24, 2.45) is 0 Å². The third kappa shape index (κ3) is 10.3. The molecule has 1 nitrogen and oxygen atoms in total. The van der Waals surface area contributed by atoms with E-state index in [9.17, 15) is 5.11 Å². The quantitative estimate of drug-likeness (QED) is 0.341. The van der Waals surface area contributed by atoms with Crippen molar-refractivity contribution in [3.63, 3.8) is 0 Å². The van der Waals surface area contributed by atoms with Gasteiger partial charge < -0.3 is 5.11 Å². The summed E-state index contributed by atoms with van der Waals surface area (Å²) in [6, 6.07) is 7.58. The Morgan fingerprint density at radius 1 is 0.818 bits per heavy atom. The molecule has 1 heteroatoms. The summed E-state index contributed by atoms with van der Waals surface area (Å²) in [5.74, 6) is 0.373. The van der Waals surface area contributed by atoms with Gasteiger partial charge in [-0.2, -0.15) is 0 Å². The number of hydrogen-bond acceptors (Lipinski definition) is 1. The van der Waals surface area contributed by atoms with Crippen LogP contribution < -0.4 is 0 Å². The average Bonchev–Trinajstić information content (AvgIpc) is 2.52. The number of phenols is 1. The topological polar surface area (TPSA) is 20.2 Å². The minimum absolute atomic E-state index is 0.373. The summed E-state index contributed by atoms with van der Waals surface area (Å²) in [4.78, 5) is 0. The van der Waals surface area contributed by atoms with Gasteiger partial charge in [-0.1, -0.05) is 56.2 Å². The van der Waals surface area contributed by atoms with E-state index in [-0.39, 0.29) is 0 Å². The van der Waals surface area contributed by atoms with Crippen molar-refractivity contribution in [3.05, 3.63) is 54.1 Å². The second kappa shape index (κ2) is 13.2. The number of benzene rings is 1. The Hall–Kier alpha value is -1.50. The standard InChI is InChI=1S/C21H32O/c1-2-3-4-5-6-7-8-9-10-11-12-13-14-16-20-17-15-18-21(22)19-20/h3-4,11-12,15,17-19,22H,2,5-10,13-14,16H2,1H3/b4-3+,12-11+. The summed E-state index contributed by atoms with van der Waals surface area (Å²) in [5, 5.41) is 9.40. The Bertz CT molecular complexity index is 431. The van der Waals surface area contributed by atoms with Crippen LogP contribution in [0.3, 0.4) is 0 Å². The van der Waals surface area contributed by atoms with Gasteiger partial charge in [0.15, 0.2) is 0 Å². The van der Waals surface area contributed by atoms with Crippen LogP contribution in [0, 0.1) is 0 Å². The van der Waals surface area contributed by atoms with Gasteiger partial charge in [-0.05, 0) is 69.1 Å². The van der Waals surface area contributed by atoms with Gasteiger partial charge in [0.2, 0.25) is 0 Å². The molecule has 0 saturated carbocycles. The molecule has 0 heterocycles. The average molecular weight is 300 g/mol. The van der Waals surface area contributed by atoms with Gasteiger partial charge in [-0.3, -0.25) is 0 Å². The van der Waals surface area contributed by atoms with Crippen LogP contribution in [0.5, 0.6) is 5.75 Å². The molecule has 1 aromatic carbocycles. The van der Waals surface area contributed by atoms with E-state index in [1.165, 1.54) is 44.1 Å². The molecular formula is C21H32O. The molecule has 0 aliphatic rings. The molecule has 0 spiro atoms. The lowest BCUT2D eigenvalue weighted by Crippen LogP contribution is -1.83. The van der Waals surface area contributed by atoms with Crippen molar-refractivity contribution in [1.29, 1.82) is 0 Å². The first-order valence-corrected chi connectivity index (χ1v) is 8.91.